The number of carbonyl (C=O) groups is 1. The third-order valence-corrected chi connectivity index (χ3v) is 7.07. The minimum absolute atomic E-state index is 0.0602. The smallest absolute Gasteiger partial charge is 0.305 e. The van der Waals surface area contributed by atoms with Crippen molar-refractivity contribution in [1.82, 2.24) is 0 Å². The summed E-state index contributed by atoms with van der Waals surface area (Å²) in [4.78, 5) is 13.6. The number of nitrogens with zero attached hydrogens (tertiary/aromatic N) is 2. The van der Waals surface area contributed by atoms with Crippen molar-refractivity contribution in [3.8, 4) is 5.75 Å². The lowest BCUT2D eigenvalue weighted by atomic mass is 10.0. The van der Waals surface area contributed by atoms with Gasteiger partial charge in [0.05, 0.1) is 24.9 Å². The van der Waals surface area contributed by atoms with Crippen LogP contribution in [-0.4, -0.2) is 33.0 Å². The lowest BCUT2D eigenvalue weighted by Crippen LogP contribution is -2.34. The van der Waals surface area contributed by atoms with Crippen LogP contribution in [-0.2, 0) is 22.6 Å². The number of halogens is 1. The van der Waals surface area contributed by atoms with E-state index in [2.05, 4.69) is 0 Å². The normalized spacial score (nSPS) is 12.6. The summed E-state index contributed by atoms with van der Waals surface area (Å²) in [7, 11) is 1.56. The molecule has 192 valence electrons. The molecule has 4 aromatic rings. The van der Waals surface area contributed by atoms with Gasteiger partial charge in [-0.2, -0.15) is 0 Å². The molecular formula is C28H27ClN2O5S. The maximum Gasteiger partial charge on any atom is 0.305 e. The number of rotatable bonds is 10. The first-order valence-electron chi connectivity index (χ1n) is 11.6. The van der Waals surface area contributed by atoms with Crippen LogP contribution in [0, 0.1) is 0 Å². The van der Waals surface area contributed by atoms with Gasteiger partial charge < -0.3 is 14.7 Å². The molecule has 0 radical (unpaired) electrons. The van der Waals surface area contributed by atoms with Gasteiger partial charge in [0.15, 0.2) is 0 Å². The van der Waals surface area contributed by atoms with Crippen LogP contribution in [0.25, 0.3) is 10.8 Å². The van der Waals surface area contributed by atoms with Crippen LogP contribution in [0.2, 0.25) is 5.02 Å². The van der Waals surface area contributed by atoms with E-state index in [1.807, 2.05) is 60.4 Å². The van der Waals surface area contributed by atoms with Crippen LogP contribution in [0.4, 0.5) is 17.1 Å². The predicted octanol–water partition coefficient (Wildman–Crippen LogP) is 6.65. The van der Waals surface area contributed by atoms with Gasteiger partial charge in [0.1, 0.15) is 5.75 Å². The molecule has 1 unspecified atom stereocenters. The Labute approximate surface area is 223 Å². The van der Waals surface area contributed by atoms with Crippen molar-refractivity contribution in [3.05, 3.63) is 95.5 Å². The molecule has 7 nitrogen and oxygen atoms in total. The molecule has 0 aliphatic rings. The standard InChI is InChI=1S/C28H27ClN2O5S/c1-19(16-28(32)33)30(18-20-6-5-7-21(29)17-20)26-14-15-27(25-9-4-3-8-24(25)26)31(37(34)35)22-10-12-23(36-2)13-11-22/h3-15,17,19H,16,18H2,1-2H3,(H,32,33)(H,34,35)/t19-/m0/s1. The van der Waals surface area contributed by atoms with E-state index in [0.717, 1.165) is 22.0 Å². The summed E-state index contributed by atoms with van der Waals surface area (Å²) >= 11 is 3.87. The fourth-order valence-corrected chi connectivity index (χ4v) is 5.24. The van der Waals surface area contributed by atoms with E-state index in [0.29, 0.717) is 28.7 Å². The van der Waals surface area contributed by atoms with Crippen LogP contribution in [0.3, 0.4) is 0 Å². The van der Waals surface area contributed by atoms with E-state index in [-0.39, 0.29) is 12.5 Å². The Balaban J connectivity index is 1.85. The minimum atomic E-state index is -2.35. The SMILES string of the molecule is COc1ccc(N(c2ccc(N(Cc3cccc(Cl)c3)[C@@H](C)CC(=O)O)c3ccccc23)S(=O)O)cc1. The Bertz CT molecular complexity index is 1430. The van der Waals surface area contributed by atoms with Gasteiger partial charge >= 0.3 is 5.97 Å². The summed E-state index contributed by atoms with van der Waals surface area (Å²) in [6.07, 6.45) is -0.0602. The summed E-state index contributed by atoms with van der Waals surface area (Å²) in [5.41, 5.74) is 2.81. The molecule has 0 amide bonds. The van der Waals surface area contributed by atoms with Crippen LogP contribution >= 0.6 is 11.6 Å². The molecule has 9 heteroatoms. The molecule has 0 spiro atoms. The zero-order chi connectivity index (χ0) is 26.5. The Morgan fingerprint density at radius 3 is 2.22 bits per heavy atom. The Morgan fingerprint density at radius 2 is 1.62 bits per heavy atom. The molecule has 0 saturated heterocycles. The van der Waals surface area contributed by atoms with Crippen LogP contribution in [0.15, 0.2) is 84.9 Å². The summed E-state index contributed by atoms with van der Waals surface area (Å²) in [6, 6.07) is 25.2. The largest absolute Gasteiger partial charge is 0.497 e. The quantitative estimate of drug-likeness (QED) is 0.220. The predicted molar refractivity (Wildman–Crippen MR) is 149 cm³/mol. The third-order valence-electron chi connectivity index (χ3n) is 6.11. The van der Waals surface area contributed by atoms with Crippen molar-refractivity contribution >= 4 is 56.7 Å². The van der Waals surface area contributed by atoms with Gasteiger partial charge in [-0.05, 0) is 61.0 Å². The minimum Gasteiger partial charge on any atom is -0.497 e. The number of fused-ring (bicyclic) bond motifs is 1. The highest BCUT2D eigenvalue weighted by Crippen LogP contribution is 2.39. The molecule has 2 atom stereocenters. The second-order valence-electron chi connectivity index (χ2n) is 8.58. The average molecular weight is 539 g/mol. The fourth-order valence-electron chi connectivity index (χ4n) is 4.40. The molecule has 0 saturated carbocycles. The van der Waals surface area contributed by atoms with Crippen molar-refractivity contribution in [2.45, 2.75) is 25.9 Å². The van der Waals surface area contributed by atoms with Gasteiger partial charge in [-0.25, -0.2) is 8.51 Å². The highest BCUT2D eigenvalue weighted by molar-refractivity contribution is 7.81. The first kappa shape index (κ1) is 26.5. The first-order chi connectivity index (χ1) is 17.8. The Morgan fingerprint density at radius 1 is 0.973 bits per heavy atom. The molecule has 2 N–H and O–H groups in total. The number of ether oxygens (including phenoxy) is 1. The van der Waals surface area contributed by atoms with E-state index in [1.165, 1.54) is 4.31 Å². The molecular weight excluding hydrogens is 512 g/mol. The maximum atomic E-state index is 12.5. The number of carboxylic acids is 1. The second kappa shape index (κ2) is 11.6. The van der Waals surface area contributed by atoms with Crippen molar-refractivity contribution in [2.75, 3.05) is 16.3 Å². The zero-order valence-electron chi connectivity index (χ0n) is 20.4. The van der Waals surface area contributed by atoms with Crippen molar-refractivity contribution < 1.29 is 23.4 Å². The molecule has 0 fully saturated rings. The van der Waals surface area contributed by atoms with Gasteiger partial charge in [-0.15, -0.1) is 0 Å². The van der Waals surface area contributed by atoms with E-state index >= 15 is 0 Å². The van der Waals surface area contributed by atoms with Crippen LogP contribution in [0.1, 0.15) is 18.9 Å². The van der Waals surface area contributed by atoms with Gasteiger partial charge in [-0.3, -0.25) is 9.35 Å². The number of carboxylic acid groups (broad SMARTS) is 1. The van der Waals surface area contributed by atoms with Crippen molar-refractivity contribution in [1.29, 1.82) is 0 Å². The van der Waals surface area contributed by atoms with E-state index in [4.69, 9.17) is 16.3 Å². The molecule has 0 heterocycles. The molecule has 4 aromatic carbocycles. The molecule has 37 heavy (non-hydrogen) atoms. The summed E-state index contributed by atoms with van der Waals surface area (Å²) in [6.45, 7) is 2.31. The second-order valence-corrected chi connectivity index (χ2v) is 9.84. The lowest BCUT2D eigenvalue weighted by molar-refractivity contribution is -0.137. The highest BCUT2D eigenvalue weighted by Gasteiger charge is 2.24. The monoisotopic (exact) mass is 538 g/mol. The van der Waals surface area contributed by atoms with Gasteiger partial charge in [0, 0.05) is 34.1 Å². The summed E-state index contributed by atoms with van der Waals surface area (Å²) in [5.74, 6) is -0.261. The first-order valence-corrected chi connectivity index (χ1v) is 13.0. The van der Waals surface area contributed by atoms with Gasteiger partial charge in [0.25, 0.3) is 11.3 Å². The van der Waals surface area contributed by atoms with E-state index in [9.17, 15) is 18.7 Å². The number of anilines is 3. The van der Waals surface area contributed by atoms with Gasteiger partial charge in [0.2, 0.25) is 0 Å². The Kier molecular flexibility index (Phi) is 8.33. The van der Waals surface area contributed by atoms with E-state index < -0.39 is 17.2 Å². The number of benzene rings is 4. The summed E-state index contributed by atoms with van der Waals surface area (Å²) in [5, 5.41) is 11.7. The zero-order valence-corrected chi connectivity index (χ0v) is 21.9. The Hall–Kier alpha value is -3.59. The van der Waals surface area contributed by atoms with Crippen LogP contribution < -0.4 is 13.9 Å². The number of hydrogen-bond acceptors (Lipinski definition) is 4. The number of aliphatic carboxylic acids is 1. The third kappa shape index (κ3) is 6.05. The highest BCUT2D eigenvalue weighted by atomic mass is 35.5. The van der Waals surface area contributed by atoms with Crippen molar-refractivity contribution in [2.24, 2.45) is 0 Å². The van der Waals surface area contributed by atoms with Crippen molar-refractivity contribution in [3.63, 3.8) is 0 Å². The molecule has 0 bridgehead atoms. The lowest BCUT2D eigenvalue weighted by Gasteiger charge is -2.33. The average Bonchev–Trinajstić information content (AvgIpc) is 2.87. The van der Waals surface area contributed by atoms with Gasteiger partial charge in [-0.1, -0.05) is 48.0 Å². The maximum absolute atomic E-state index is 12.5. The molecule has 0 aliphatic carbocycles. The molecule has 0 aromatic heterocycles. The van der Waals surface area contributed by atoms with Crippen LogP contribution in [0.5, 0.6) is 5.75 Å². The fraction of sp³-hybridized carbons (Fsp3) is 0.179. The number of methoxy groups -OCH3 is 1. The topological polar surface area (TPSA) is 90.3 Å². The molecule has 0 aliphatic heterocycles. The summed E-state index contributed by atoms with van der Waals surface area (Å²) < 4.78 is 29.4. The van der Waals surface area contributed by atoms with E-state index in [1.54, 1.807) is 43.5 Å². The molecule has 4 rings (SSSR count). The number of hydrogen-bond donors (Lipinski definition) is 2.